The Balaban J connectivity index is 2.58. The fourth-order valence-corrected chi connectivity index (χ4v) is 2.21. The molecule has 0 N–H and O–H groups in total. The van der Waals surface area contributed by atoms with Crippen LogP contribution in [0.15, 0.2) is 24.3 Å². The highest BCUT2D eigenvalue weighted by Crippen LogP contribution is 2.30. The number of nitrogens with zero attached hydrogens (tertiary/aromatic N) is 2. The van der Waals surface area contributed by atoms with Gasteiger partial charge in [0.15, 0.2) is 0 Å². The van der Waals surface area contributed by atoms with Crippen molar-refractivity contribution in [3.63, 3.8) is 0 Å². The van der Waals surface area contributed by atoms with E-state index in [2.05, 4.69) is 32.6 Å². The second-order valence-electron chi connectivity index (χ2n) is 3.39. The van der Waals surface area contributed by atoms with E-state index in [9.17, 15) is 4.39 Å². The van der Waals surface area contributed by atoms with E-state index in [0.717, 1.165) is 9.13 Å². The fraction of sp³-hybridized carbons (Fsp3) is 0.167. The minimum absolute atomic E-state index is 0.214. The SMILES string of the molecule is COc1nc(OC)c(I)c(-c2ccc(F)cc2)n1. The van der Waals surface area contributed by atoms with Crippen LogP contribution in [0.5, 0.6) is 11.9 Å². The van der Waals surface area contributed by atoms with Gasteiger partial charge >= 0.3 is 6.01 Å². The van der Waals surface area contributed by atoms with E-state index in [-0.39, 0.29) is 11.8 Å². The molecule has 0 aliphatic rings. The van der Waals surface area contributed by atoms with Gasteiger partial charge in [0.1, 0.15) is 9.39 Å². The zero-order valence-electron chi connectivity index (χ0n) is 9.78. The van der Waals surface area contributed by atoms with Crippen LogP contribution >= 0.6 is 22.6 Å². The van der Waals surface area contributed by atoms with Crippen LogP contribution in [0.1, 0.15) is 0 Å². The third-order valence-corrected chi connectivity index (χ3v) is 3.27. The molecule has 0 bridgehead atoms. The summed E-state index contributed by atoms with van der Waals surface area (Å²) in [6.07, 6.45) is 0. The molecular formula is C12H10FIN2O2. The zero-order chi connectivity index (χ0) is 13.1. The van der Waals surface area contributed by atoms with Gasteiger partial charge in [0.2, 0.25) is 5.88 Å². The lowest BCUT2D eigenvalue weighted by Gasteiger charge is -2.09. The van der Waals surface area contributed by atoms with Crippen LogP contribution in [0.3, 0.4) is 0 Å². The minimum Gasteiger partial charge on any atom is -0.480 e. The molecule has 0 unspecified atom stereocenters. The van der Waals surface area contributed by atoms with Gasteiger partial charge in [-0.2, -0.15) is 9.97 Å². The Bertz CT molecular complexity index is 561. The standard InChI is InChI=1S/C12H10FIN2O2/c1-17-11-9(14)10(15-12(16-11)18-2)7-3-5-8(13)6-4-7/h3-6H,1-2H3. The Morgan fingerprint density at radius 3 is 2.28 bits per heavy atom. The largest absolute Gasteiger partial charge is 0.480 e. The summed E-state index contributed by atoms with van der Waals surface area (Å²) in [7, 11) is 3.01. The third-order valence-electron chi connectivity index (χ3n) is 2.29. The number of benzene rings is 1. The average molecular weight is 360 g/mol. The van der Waals surface area contributed by atoms with Crippen LogP contribution in [0.4, 0.5) is 4.39 Å². The van der Waals surface area contributed by atoms with Crippen molar-refractivity contribution in [1.29, 1.82) is 0 Å². The first kappa shape index (κ1) is 13.0. The number of rotatable bonds is 3. The quantitative estimate of drug-likeness (QED) is 0.790. The van der Waals surface area contributed by atoms with Crippen LogP contribution in [0.2, 0.25) is 0 Å². The minimum atomic E-state index is -0.290. The summed E-state index contributed by atoms with van der Waals surface area (Å²) in [5.74, 6) is 0.142. The summed E-state index contributed by atoms with van der Waals surface area (Å²) in [5.41, 5.74) is 1.43. The monoisotopic (exact) mass is 360 g/mol. The molecule has 0 saturated heterocycles. The van der Waals surface area contributed by atoms with Crippen molar-refractivity contribution >= 4 is 22.6 Å². The van der Waals surface area contributed by atoms with Gasteiger partial charge < -0.3 is 9.47 Å². The van der Waals surface area contributed by atoms with Crippen molar-refractivity contribution in [2.75, 3.05) is 14.2 Å². The molecular weight excluding hydrogens is 350 g/mol. The molecule has 0 saturated carbocycles. The van der Waals surface area contributed by atoms with Gasteiger partial charge in [-0.15, -0.1) is 0 Å². The van der Waals surface area contributed by atoms with Gasteiger partial charge in [0.25, 0.3) is 0 Å². The van der Waals surface area contributed by atoms with Crippen LogP contribution in [-0.2, 0) is 0 Å². The number of hydrogen-bond donors (Lipinski definition) is 0. The highest BCUT2D eigenvalue weighted by molar-refractivity contribution is 14.1. The maximum absolute atomic E-state index is 12.9. The van der Waals surface area contributed by atoms with Crippen LogP contribution in [0.25, 0.3) is 11.3 Å². The van der Waals surface area contributed by atoms with Crippen molar-refractivity contribution in [2.24, 2.45) is 0 Å². The highest BCUT2D eigenvalue weighted by atomic mass is 127. The van der Waals surface area contributed by atoms with E-state index in [1.165, 1.54) is 26.4 Å². The van der Waals surface area contributed by atoms with E-state index >= 15 is 0 Å². The van der Waals surface area contributed by atoms with Gasteiger partial charge in [-0.1, -0.05) is 0 Å². The van der Waals surface area contributed by atoms with Crippen molar-refractivity contribution in [3.8, 4) is 23.1 Å². The molecule has 1 aromatic heterocycles. The molecule has 0 atom stereocenters. The van der Waals surface area contributed by atoms with Crippen LogP contribution in [0, 0.1) is 9.39 Å². The van der Waals surface area contributed by atoms with Gasteiger partial charge in [0, 0.05) is 5.56 Å². The second-order valence-corrected chi connectivity index (χ2v) is 4.47. The Morgan fingerprint density at radius 2 is 1.72 bits per heavy atom. The maximum Gasteiger partial charge on any atom is 0.320 e. The molecule has 4 nitrogen and oxygen atoms in total. The molecule has 6 heteroatoms. The first-order chi connectivity index (χ1) is 8.65. The first-order valence-electron chi connectivity index (χ1n) is 5.07. The predicted molar refractivity (Wildman–Crippen MR) is 73.2 cm³/mol. The van der Waals surface area contributed by atoms with Crippen molar-refractivity contribution in [3.05, 3.63) is 33.7 Å². The lowest BCUT2D eigenvalue weighted by molar-refractivity contribution is 0.351. The van der Waals surface area contributed by atoms with E-state index in [1.807, 2.05) is 0 Å². The lowest BCUT2D eigenvalue weighted by Crippen LogP contribution is -2.01. The van der Waals surface area contributed by atoms with Crippen LogP contribution in [-0.4, -0.2) is 24.2 Å². The molecule has 94 valence electrons. The summed E-state index contributed by atoms with van der Waals surface area (Å²) >= 11 is 2.09. The van der Waals surface area contributed by atoms with Crippen molar-refractivity contribution < 1.29 is 13.9 Å². The molecule has 1 aromatic carbocycles. The molecule has 0 radical (unpaired) electrons. The molecule has 2 aromatic rings. The van der Waals surface area contributed by atoms with Crippen LogP contribution < -0.4 is 9.47 Å². The molecule has 1 heterocycles. The normalized spacial score (nSPS) is 10.2. The van der Waals surface area contributed by atoms with Crippen molar-refractivity contribution in [1.82, 2.24) is 9.97 Å². The zero-order valence-corrected chi connectivity index (χ0v) is 11.9. The number of aromatic nitrogens is 2. The maximum atomic E-state index is 12.9. The Labute approximate surface area is 117 Å². The topological polar surface area (TPSA) is 44.2 Å². The molecule has 0 spiro atoms. The highest BCUT2D eigenvalue weighted by Gasteiger charge is 2.14. The van der Waals surface area contributed by atoms with Gasteiger partial charge in [-0.05, 0) is 46.9 Å². The summed E-state index contributed by atoms with van der Waals surface area (Å²) in [4.78, 5) is 8.33. The molecule has 0 aliphatic carbocycles. The predicted octanol–water partition coefficient (Wildman–Crippen LogP) is 2.90. The summed E-state index contributed by atoms with van der Waals surface area (Å²) < 4.78 is 23.8. The Hall–Kier alpha value is -1.44. The second kappa shape index (κ2) is 5.47. The van der Waals surface area contributed by atoms with E-state index in [0.29, 0.717) is 11.6 Å². The van der Waals surface area contributed by atoms with Gasteiger partial charge in [-0.25, -0.2) is 4.39 Å². The van der Waals surface area contributed by atoms with Crippen molar-refractivity contribution in [2.45, 2.75) is 0 Å². The molecule has 2 rings (SSSR count). The average Bonchev–Trinajstić information content (AvgIpc) is 2.40. The molecule has 0 aliphatic heterocycles. The first-order valence-corrected chi connectivity index (χ1v) is 6.15. The number of halogens is 2. The smallest absolute Gasteiger partial charge is 0.320 e. The third kappa shape index (κ3) is 2.53. The number of ether oxygens (including phenoxy) is 2. The van der Waals surface area contributed by atoms with E-state index < -0.39 is 0 Å². The molecule has 0 amide bonds. The summed E-state index contributed by atoms with van der Waals surface area (Å²) in [5, 5.41) is 0. The lowest BCUT2D eigenvalue weighted by atomic mass is 10.1. The summed E-state index contributed by atoms with van der Waals surface area (Å²) in [6, 6.07) is 6.28. The number of hydrogen-bond acceptors (Lipinski definition) is 4. The molecule has 18 heavy (non-hydrogen) atoms. The Morgan fingerprint density at radius 1 is 1.06 bits per heavy atom. The van der Waals surface area contributed by atoms with E-state index in [1.54, 1.807) is 12.1 Å². The van der Waals surface area contributed by atoms with Gasteiger partial charge in [0.05, 0.1) is 19.9 Å². The van der Waals surface area contributed by atoms with E-state index in [4.69, 9.17) is 9.47 Å². The molecule has 0 fully saturated rings. The van der Waals surface area contributed by atoms with Gasteiger partial charge in [-0.3, -0.25) is 0 Å². The Kier molecular flexibility index (Phi) is 3.95. The summed E-state index contributed by atoms with van der Waals surface area (Å²) in [6.45, 7) is 0. The fourth-order valence-electron chi connectivity index (χ4n) is 1.43. The number of methoxy groups -OCH3 is 2.